The zero-order valence-corrected chi connectivity index (χ0v) is 16.7. The summed E-state index contributed by atoms with van der Waals surface area (Å²) < 4.78 is 10.8. The van der Waals surface area contributed by atoms with Crippen molar-refractivity contribution in [3.8, 4) is 11.5 Å². The van der Waals surface area contributed by atoms with Gasteiger partial charge in [-0.25, -0.2) is 0 Å². The van der Waals surface area contributed by atoms with Crippen LogP contribution in [0.5, 0.6) is 0 Å². The number of carbonyl (C=O) groups excluding carboxylic acids is 2. The van der Waals surface area contributed by atoms with E-state index >= 15 is 0 Å². The molecule has 1 aliphatic rings. The summed E-state index contributed by atoms with van der Waals surface area (Å²) in [5.41, 5.74) is 1.16. The van der Waals surface area contributed by atoms with Crippen LogP contribution in [0.3, 0.4) is 0 Å². The number of H-pyrrole nitrogens is 1. The molecule has 8 nitrogen and oxygen atoms in total. The Morgan fingerprint density at radius 1 is 1.24 bits per heavy atom. The summed E-state index contributed by atoms with van der Waals surface area (Å²) in [7, 11) is 0. The van der Waals surface area contributed by atoms with Crippen LogP contribution >= 0.6 is 0 Å². The first-order valence-corrected chi connectivity index (χ1v) is 9.63. The minimum atomic E-state index is -0.404. The van der Waals surface area contributed by atoms with Gasteiger partial charge in [-0.1, -0.05) is 0 Å². The summed E-state index contributed by atoms with van der Waals surface area (Å²) in [6.45, 7) is 6.77. The predicted molar refractivity (Wildman–Crippen MR) is 105 cm³/mol. The van der Waals surface area contributed by atoms with Crippen LogP contribution < -0.4 is 5.32 Å². The number of furan rings is 2. The van der Waals surface area contributed by atoms with Crippen molar-refractivity contribution in [2.24, 2.45) is 0 Å². The molecule has 4 rings (SSSR count). The maximum absolute atomic E-state index is 12.8. The van der Waals surface area contributed by atoms with Crippen molar-refractivity contribution in [3.05, 3.63) is 53.3 Å². The second kappa shape index (κ2) is 7.27. The highest BCUT2D eigenvalue weighted by molar-refractivity contribution is 5.95. The van der Waals surface area contributed by atoms with E-state index in [2.05, 4.69) is 15.5 Å². The van der Waals surface area contributed by atoms with Crippen molar-refractivity contribution in [1.82, 2.24) is 20.4 Å². The molecule has 2 amide bonds. The number of aromatic nitrogens is 2. The molecule has 1 aliphatic heterocycles. The van der Waals surface area contributed by atoms with Gasteiger partial charge in [-0.3, -0.25) is 14.7 Å². The zero-order valence-electron chi connectivity index (χ0n) is 16.7. The average molecular weight is 396 g/mol. The van der Waals surface area contributed by atoms with Crippen LogP contribution in [0.4, 0.5) is 0 Å². The third-order valence-corrected chi connectivity index (χ3v) is 5.44. The van der Waals surface area contributed by atoms with Gasteiger partial charge in [0, 0.05) is 24.7 Å². The Kier molecular flexibility index (Phi) is 4.77. The van der Waals surface area contributed by atoms with Crippen molar-refractivity contribution < 1.29 is 18.4 Å². The molecule has 8 heteroatoms. The average Bonchev–Trinajstić information content (AvgIpc) is 3.42. The second-order valence-electron chi connectivity index (χ2n) is 7.78. The van der Waals surface area contributed by atoms with Crippen LogP contribution in [0, 0.1) is 13.8 Å². The van der Waals surface area contributed by atoms with Gasteiger partial charge in [0.1, 0.15) is 17.2 Å². The maximum Gasteiger partial charge on any atom is 0.272 e. The SMILES string of the molecule is Cc1cc(C(=O)N2CCC(C)(NC(=O)c3cc(-c4ccco4)[nH]n3)CC2)c(C)o1. The molecule has 3 aromatic heterocycles. The molecular formula is C21H24N4O4. The summed E-state index contributed by atoms with van der Waals surface area (Å²) in [6, 6.07) is 7.02. The highest BCUT2D eigenvalue weighted by atomic mass is 16.3. The molecule has 0 spiro atoms. The largest absolute Gasteiger partial charge is 0.466 e. The maximum atomic E-state index is 12.8. The topological polar surface area (TPSA) is 104 Å². The highest BCUT2D eigenvalue weighted by Gasteiger charge is 2.34. The van der Waals surface area contributed by atoms with E-state index in [4.69, 9.17) is 8.83 Å². The fraction of sp³-hybridized carbons (Fsp3) is 0.381. The highest BCUT2D eigenvalue weighted by Crippen LogP contribution is 2.25. The van der Waals surface area contributed by atoms with Crippen LogP contribution in [-0.4, -0.2) is 45.5 Å². The van der Waals surface area contributed by atoms with Crippen LogP contribution in [0.15, 0.2) is 39.4 Å². The fourth-order valence-electron chi connectivity index (χ4n) is 3.68. The standard InChI is InChI=1S/C21H24N4O4/c1-13-11-15(14(2)29-13)20(27)25-8-6-21(3,7-9-25)22-19(26)17-12-16(23-24-17)18-5-4-10-28-18/h4-5,10-12H,6-9H2,1-3H3,(H,22,26)(H,23,24). The summed E-state index contributed by atoms with van der Waals surface area (Å²) in [5, 5.41) is 9.99. The monoisotopic (exact) mass is 396 g/mol. The first-order valence-electron chi connectivity index (χ1n) is 9.63. The van der Waals surface area contributed by atoms with E-state index < -0.39 is 5.54 Å². The van der Waals surface area contributed by atoms with Crippen molar-refractivity contribution in [1.29, 1.82) is 0 Å². The van der Waals surface area contributed by atoms with Gasteiger partial charge in [-0.2, -0.15) is 5.10 Å². The number of likely N-dealkylation sites (tertiary alicyclic amines) is 1. The molecule has 0 aliphatic carbocycles. The normalized spacial score (nSPS) is 16.0. The summed E-state index contributed by atoms with van der Waals surface area (Å²) >= 11 is 0. The van der Waals surface area contributed by atoms with E-state index in [-0.39, 0.29) is 11.8 Å². The molecule has 4 heterocycles. The number of hydrogen-bond donors (Lipinski definition) is 2. The molecule has 0 atom stereocenters. The van der Waals surface area contributed by atoms with Gasteiger partial charge in [0.15, 0.2) is 11.5 Å². The van der Waals surface area contributed by atoms with Gasteiger partial charge < -0.3 is 19.1 Å². The molecule has 1 fully saturated rings. The van der Waals surface area contributed by atoms with Crippen LogP contribution in [-0.2, 0) is 0 Å². The third-order valence-electron chi connectivity index (χ3n) is 5.44. The van der Waals surface area contributed by atoms with Gasteiger partial charge in [0.25, 0.3) is 11.8 Å². The molecule has 0 radical (unpaired) electrons. The van der Waals surface area contributed by atoms with E-state index in [0.717, 1.165) is 5.76 Å². The predicted octanol–water partition coefficient (Wildman–Crippen LogP) is 3.30. The van der Waals surface area contributed by atoms with Crippen molar-refractivity contribution in [2.45, 2.75) is 39.2 Å². The lowest BCUT2D eigenvalue weighted by Crippen LogP contribution is -2.54. The third kappa shape index (κ3) is 3.83. The van der Waals surface area contributed by atoms with Crippen LogP contribution in [0.1, 0.15) is 52.1 Å². The first-order chi connectivity index (χ1) is 13.8. The van der Waals surface area contributed by atoms with Gasteiger partial charge in [0.05, 0.1) is 11.8 Å². The molecule has 0 unspecified atom stereocenters. The first kappa shape index (κ1) is 19.0. The number of amides is 2. The number of rotatable bonds is 4. The Morgan fingerprint density at radius 2 is 2.00 bits per heavy atom. The molecular weight excluding hydrogens is 372 g/mol. The number of nitrogens with zero attached hydrogens (tertiary/aromatic N) is 2. The lowest BCUT2D eigenvalue weighted by Gasteiger charge is -2.39. The van der Waals surface area contributed by atoms with Crippen molar-refractivity contribution >= 4 is 11.8 Å². The molecule has 0 bridgehead atoms. The van der Waals surface area contributed by atoms with Gasteiger partial charge in [-0.05, 0) is 51.8 Å². The van der Waals surface area contributed by atoms with Gasteiger partial charge in [0.2, 0.25) is 0 Å². The zero-order chi connectivity index (χ0) is 20.6. The molecule has 29 heavy (non-hydrogen) atoms. The number of piperidine rings is 1. The summed E-state index contributed by atoms with van der Waals surface area (Å²) in [5.74, 6) is 1.72. The Labute approximate surface area is 168 Å². The van der Waals surface area contributed by atoms with E-state index in [1.54, 1.807) is 37.5 Å². The van der Waals surface area contributed by atoms with E-state index in [1.807, 2.05) is 18.7 Å². The number of hydrogen-bond acceptors (Lipinski definition) is 5. The smallest absolute Gasteiger partial charge is 0.272 e. The van der Waals surface area contributed by atoms with E-state index in [9.17, 15) is 9.59 Å². The lowest BCUT2D eigenvalue weighted by atomic mass is 9.89. The second-order valence-corrected chi connectivity index (χ2v) is 7.78. The number of carbonyl (C=O) groups is 2. The Bertz CT molecular complexity index is 1020. The van der Waals surface area contributed by atoms with Crippen molar-refractivity contribution in [2.75, 3.05) is 13.1 Å². The fourth-order valence-corrected chi connectivity index (χ4v) is 3.68. The minimum Gasteiger partial charge on any atom is -0.466 e. The number of aryl methyl sites for hydroxylation is 2. The summed E-state index contributed by atoms with van der Waals surface area (Å²) in [4.78, 5) is 27.2. The Balaban J connectivity index is 1.37. The lowest BCUT2D eigenvalue weighted by molar-refractivity contribution is 0.0635. The number of nitrogens with one attached hydrogen (secondary N) is 2. The van der Waals surface area contributed by atoms with Crippen LogP contribution in [0.25, 0.3) is 11.5 Å². The summed E-state index contributed by atoms with van der Waals surface area (Å²) in [6.07, 6.45) is 2.89. The van der Waals surface area contributed by atoms with Gasteiger partial charge >= 0.3 is 0 Å². The minimum absolute atomic E-state index is 0.0249. The molecule has 0 saturated carbocycles. The quantitative estimate of drug-likeness (QED) is 0.704. The van der Waals surface area contributed by atoms with E-state index in [0.29, 0.717) is 54.4 Å². The van der Waals surface area contributed by atoms with Crippen molar-refractivity contribution in [3.63, 3.8) is 0 Å². The Hall–Kier alpha value is -3.29. The molecule has 0 aromatic carbocycles. The van der Waals surface area contributed by atoms with E-state index in [1.165, 1.54) is 0 Å². The Morgan fingerprint density at radius 3 is 2.62 bits per heavy atom. The van der Waals surface area contributed by atoms with Crippen LogP contribution in [0.2, 0.25) is 0 Å². The van der Waals surface area contributed by atoms with Gasteiger partial charge in [-0.15, -0.1) is 0 Å². The molecule has 3 aromatic rings. The molecule has 152 valence electrons. The molecule has 2 N–H and O–H groups in total. The molecule has 1 saturated heterocycles. The number of aromatic amines is 1.